The lowest BCUT2D eigenvalue weighted by Gasteiger charge is -2.23. The Morgan fingerprint density at radius 1 is 0.926 bits per heavy atom. The number of allylic oxidation sites excluding steroid dienone is 2. The zero-order chi connectivity index (χ0) is 18.9. The van der Waals surface area contributed by atoms with Crippen LogP contribution in [0.4, 0.5) is 0 Å². The van der Waals surface area contributed by atoms with Gasteiger partial charge in [-0.15, -0.1) is 0 Å². The lowest BCUT2D eigenvalue weighted by atomic mass is 9.82. The SMILES string of the molecule is CCc1ccc(C2=C(NS(=O)(=O)c3ccccc3)CC3(CCCC3)C2)cc1. The summed E-state index contributed by atoms with van der Waals surface area (Å²) in [7, 11) is -3.55. The molecular formula is C23H27NO2S. The largest absolute Gasteiger partial charge is 0.283 e. The van der Waals surface area contributed by atoms with Gasteiger partial charge in [-0.2, -0.15) is 0 Å². The van der Waals surface area contributed by atoms with Crippen LogP contribution in [0.3, 0.4) is 0 Å². The molecule has 2 aromatic rings. The molecular weight excluding hydrogens is 354 g/mol. The standard InChI is InChI=1S/C23H27NO2S/c1-2-18-10-12-19(13-11-18)21-16-23(14-6-7-15-23)17-22(21)24-27(25,26)20-8-4-3-5-9-20/h3-5,8-13,24H,2,6-7,14-17H2,1H3. The van der Waals surface area contributed by atoms with E-state index < -0.39 is 10.0 Å². The summed E-state index contributed by atoms with van der Waals surface area (Å²) in [6.45, 7) is 2.15. The van der Waals surface area contributed by atoms with Crippen LogP contribution in [0.1, 0.15) is 56.6 Å². The summed E-state index contributed by atoms with van der Waals surface area (Å²) >= 11 is 0. The molecule has 0 aromatic heterocycles. The number of benzene rings is 2. The first-order valence-corrected chi connectivity index (χ1v) is 11.4. The predicted molar refractivity (Wildman–Crippen MR) is 110 cm³/mol. The highest BCUT2D eigenvalue weighted by atomic mass is 32.2. The van der Waals surface area contributed by atoms with Gasteiger partial charge in [0.25, 0.3) is 10.0 Å². The average Bonchev–Trinajstić information content (AvgIpc) is 3.29. The quantitative estimate of drug-likeness (QED) is 0.764. The first-order chi connectivity index (χ1) is 13.0. The van der Waals surface area contributed by atoms with E-state index in [4.69, 9.17) is 0 Å². The Kier molecular flexibility index (Phi) is 4.85. The number of aryl methyl sites for hydroxylation is 1. The third kappa shape index (κ3) is 3.68. The van der Waals surface area contributed by atoms with Crippen molar-refractivity contribution in [2.24, 2.45) is 5.41 Å². The van der Waals surface area contributed by atoms with E-state index in [2.05, 4.69) is 35.9 Å². The first-order valence-electron chi connectivity index (χ1n) is 9.91. The van der Waals surface area contributed by atoms with Gasteiger partial charge >= 0.3 is 0 Å². The minimum absolute atomic E-state index is 0.243. The molecule has 4 heteroatoms. The van der Waals surface area contributed by atoms with Crippen LogP contribution in [0.5, 0.6) is 0 Å². The molecule has 3 nitrogen and oxygen atoms in total. The van der Waals surface area contributed by atoms with E-state index >= 15 is 0 Å². The fourth-order valence-electron chi connectivity index (χ4n) is 4.64. The number of rotatable bonds is 5. The third-order valence-electron chi connectivity index (χ3n) is 6.15. The Hall–Kier alpha value is -2.07. The Bertz CT molecular complexity index is 938. The molecule has 1 spiro atoms. The van der Waals surface area contributed by atoms with Crippen molar-refractivity contribution >= 4 is 15.6 Å². The van der Waals surface area contributed by atoms with Crippen molar-refractivity contribution in [3.63, 3.8) is 0 Å². The zero-order valence-corrected chi connectivity index (χ0v) is 16.7. The Labute approximate surface area is 162 Å². The molecule has 0 radical (unpaired) electrons. The number of sulfonamides is 1. The molecule has 0 unspecified atom stereocenters. The smallest absolute Gasteiger partial charge is 0.261 e. The number of hydrogen-bond donors (Lipinski definition) is 1. The molecule has 1 fully saturated rings. The van der Waals surface area contributed by atoms with Gasteiger partial charge in [-0.05, 0) is 66.4 Å². The molecule has 4 rings (SSSR count). The minimum Gasteiger partial charge on any atom is -0.283 e. The second kappa shape index (κ2) is 7.16. The summed E-state index contributed by atoms with van der Waals surface area (Å²) in [5.41, 5.74) is 4.78. The van der Waals surface area contributed by atoms with Crippen molar-refractivity contribution in [3.8, 4) is 0 Å². The van der Waals surface area contributed by atoms with Crippen molar-refractivity contribution in [1.29, 1.82) is 0 Å². The van der Waals surface area contributed by atoms with Crippen molar-refractivity contribution in [1.82, 2.24) is 4.72 Å². The highest BCUT2D eigenvalue weighted by molar-refractivity contribution is 7.89. The molecule has 2 aromatic carbocycles. The molecule has 27 heavy (non-hydrogen) atoms. The van der Waals surface area contributed by atoms with Gasteiger partial charge in [0.05, 0.1) is 4.90 Å². The van der Waals surface area contributed by atoms with Crippen LogP contribution in [0.25, 0.3) is 5.57 Å². The van der Waals surface area contributed by atoms with Gasteiger partial charge in [-0.3, -0.25) is 4.72 Å². The number of nitrogens with one attached hydrogen (secondary N) is 1. The monoisotopic (exact) mass is 381 g/mol. The van der Waals surface area contributed by atoms with Gasteiger partial charge < -0.3 is 0 Å². The zero-order valence-electron chi connectivity index (χ0n) is 15.9. The normalized spacial score (nSPS) is 19.0. The summed E-state index contributed by atoms with van der Waals surface area (Å²) in [5.74, 6) is 0. The van der Waals surface area contributed by atoms with Crippen molar-refractivity contribution in [3.05, 3.63) is 71.4 Å². The Morgan fingerprint density at radius 2 is 1.59 bits per heavy atom. The molecule has 0 atom stereocenters. The van der Waals surface area contributed by atoms with Crippen LogP contribution < -0.4 is 4.72 Å². The fourth-order valence-corrected chi connectivity index (χ4v) is 5.79. The highest BCUT2D eigenvalue weighted by Gasteiger charge is 2.42. The summed E-state index contributed by atoms with van der Waals surface area (Å²) in [5, 5.41) is 0. The van der Waals surface area contributed by atoms with Crippen molar-refractivity contribution in [2.45, 2.75) is 56.8 Å². The third-order valence-corrected chi connectivity index (χ3v) is 7.56. The molecule has 0 bridgehead atoms. The molecule has 0 amide bonds. The van der Waals surface area contributed by atoms with E-state index in [0.29, 0.717) is 4.90 Å². The molecule has 0 heterocycles. The highest BCUT2D eigenvalue weighted by Crippen LogP contribution is 2.54. The van der Waals surface area contributed by atoms with Gasteiger partial charge in [0.15, 0.2) is 0 Å². The predicted octanol–water partition coefficient (Wildman–Crippen LogP) is 5.29. The second-order valence-corrected chi connectivity index (χ2v) is 9.67. The van der Waals surface area contributed by atoms with Crippen LogP contribution in [-0.4, -0.2) is 8.42 Å². The maximum absolute atomic E-state index is 12.9. The lowest BCUT2D eigenvalue weighted by Crippen LogP contribution is -2.24. The van der Waals surface area contributed by atoms with E-state index in [1.807, 2.05) is 6.07 Å². The summed E-state index contributed by atoms with van der Waals surface area (Å²) in [4.78, 5) is 0.325. The van der Waals surface area contributed by atoms with Gasteiger partial charge in [0, 0.05) is 5.70 Å². The molecule has 1 saturated carbocycles. The van der Waals surface area contributed by atoms with Crippen LogP contribution in [0.15, 0.2) is 65.2 Å². The molecule has 2 aliphatic carbocycles. The average molecular weight is 382 g/mol. The maximum atomic E-state index is 12.9. The van der Waals surface area contributed by atoms with E-state index in [1.54, 1.807) is 24.3 Å². The molecule has 142 valence electrons. The van der Waals surface area contributed by atoms with Gasteiger partial charge in [0.1, 0.15) is 0 Å². The summed E-state index contributed by atoms with van der Waals surface area (Å²) in [6, 6.07) is 17.3. The number of hydrogen-bond acceptors (Lipinski definition) is 2. The molecule has 1 N–H and O–H groups in total. The summed E-state index contributed by atoms with van der Waals surface area (Å²) in [6.07, 6.45) is 7.72. The first kappa shape index (κ1) is 18.3. The second-order valence-electron chi connectivity index (χ2n) is 7.99. The van der Waals surface area contributed by atoms with Crippen LogP contribution in [-0.2, 0) is 16.4 Å². The van der Waals surface area contributed by atoms with E-state index in [-0.39, 0.29) is 5.41 Å². The van der Waals surface area contributed by atoms with E-state index in [1.165, 1.54) is 36.8 Å². The van der Waals surface area contributed by atoms with Crippen molar-refractivity contribution in [2.75, 3.05) is 0 Å². The Balaban J connectivity index is 1.70. The molecule has 0 aliphatic heterocycles. The maximum Gasteiger partial charge on any atom is 0.261 e. The van der Waals surface area contributed by atoms with Gasteiger partial charge in [-0.1, -0.05) is 62.2 Å². The fraction of sp³-hybridized carbons (Fsp3) is 0.391. The topological polar surface area (TPSA) is 46.2 Å². The van der Waals surface area contributed by atoms with Crippen molar-refractivity contribution < 1.29 is 8.42 Å². The van der Waals surface area contributed by atoms with E-state index in [9.17, 15) is 8.42 Å². The van der Waals surface area contributed by atoms with Crippen LogP contribution in [0.2, 0.25) is 0 Å². The Morgan fingerprint density at radius 3 is 2.22 bits per heavy atom. The lowest BCUT2D eigenvalue weighted by molar-refractivity contribution is 0.319. The van der Waals surface area contributed by atoms with E-state index in [0.717, 1.165) is 30.5 Å². The molecule has 2 aliphatic rings. The van der Waals surface area contributed by atoms with Gasteiger partial charge in [-0.25, -0.2) is 8.42 Å². The van der Waals surface area contributed by atoms with Crippen LogP contribution >= 0.6 is 0 Å². The molecule has 0 saturated heterocycles. The van der Waals surface area contributed by atoms with Crippen LogP contribution in [0, 0.1) is 5.41 Å². The minimum atomic E-state index is -3.55. The van der Waals surface area contributed by atoms with Gasteiger partial charge in [0.2, 0.25) is 0 Å². The summed E-state index contributed by atoms with van der Waals surface area (Å²) < 4.78 is 28.8.